The third-order valence-corrected chi connectivity index (χ3v) is 4.06. The van der Waals surface area contributed by atoms with E-state index < -0.39 is 7.32 Å². The molecule has 1 saturated heterocycles. The van der Waals surface area contributed by atoms with Crippen molar-refractivity contribution in [3.05, 3.63) is 54.2 Å². The molecule has 0 unspecified atom stereocenters. The highest BCUT2D eigenvalue weighted by atomic mass is 16.6. The fourth-order valence-corrected chi connectivity index (χ4v) is 2.79. The first kappa shape index (κ1) is 16.8. The third kappa shape index (κ3) is 4.70. The van der Waals surface area contributed by atoms with Gasteiger partial charge >= 0.3 is 7.32 Å². The maximum absolute atomic E-state index is 8.77. The molecule has 2 aromatic rings. The van der Waals surface area contributed by atoms with Crippen LogP contribution in [0.1, 0.15) is 18.4 Å². The van der Waals surface area contributed by atoms with Crippen LogP contribution in [0.25, 0.3) is 0 Å². The minimum Gasteiger partial charge on any atom is -0.511 e. The number of hydrogen-bond donors (Lipinski definition) is 2. The van der Waals surface area contributed by atoms with E-state index in [9.17, 15) is 0 Å². The van der Waals surface area contributed by atoms with Gasteiger partial charge in [0.15, 0.2) is 0 Å². The molecule has 1 fully saturated rings. The van der Waals surface area contributed by atoms with Crippen molar-refractivity contribution in [2.24, 2.45) is 0 Å². The van der Waals surface area contributed by atoms with E-state index in [2.05, 4.69) is 22.0 Å². The summed E-state index contributed by atoms with van der Waals surface area (Å²) in [6, 6.07) is 13.7. The van der Waals surface area contributed by atoms with E-state index in [1.165, 1.54) is 11.8 Å². The Hall–Kier alpha value is -2.09. The van der Waals surface area contributed by atoms with E-state index in [0.29, 0.717) is 12.4 Å². The fraction of sp³-hybridized carbons (Fsp3) is 0.353. The molecule has 1 aromatic carbocycles. The van der Waals surface area contributed by atoms with E-state index in [-0.39, 0.29) is 6.10 Å². The molecule has 0 saturated carbocycles. The molecule has 3 rings (SSSR count). The van der Waals surface area contributed by atoms with Crippen molar-refractivity contribution in [3.63, 3.8) is 0 Å². The molecule has 0 amide bonds. The van der Waals surface area contributed by atoms with Gasteiger partial charge in [-0.05, 0) is 30.5 Å². The molecule has 0 radical (unpaired) electrons. The summed E-state index contributed by atoms with van der Waals surface area (Å²) in [6.07, 6.45) is 3.69. The highest BCUT2D eigenvalue weighted by molar-refractivity contribution is 6.33. The Labute approximate surface area is 141 Å². The molecule has 1 aliphatic rings. The van der Waals surface area contributed by atoms with Crippen LogP contribution in [0.3, 0.4) is 0 Å². The van der Waals surface area contributed by atoms with Crippen LogP contribution in [0.4, 0.5) is 5.82 Å². The van der Waals surface area contributed by atoms with Crippen molar-refractivity contribution in [2.75, 3.05) is 18.0 Å². The Morgan fingerprint density at radius 2 is 1.83 bits per heavy atom. The SMILES string of the molecule is OB(O)Oc1ccc(N2CCC(OCc3ccccc3)CC2)nc1. The Morgan fingerprint density at radius 3 is 2.46 bits per heavy atom. The number of rotatable bonds is 6. The summed E-state index contributed by atoms with van der Waals surface area (Å²) in [6.45, 7) is 2.42. The second kappa shape index (κ2) is 8.14. The summed E-state index contributed by atoms with van der Waals surface area (Å²) < 4.78 is 10.8. The lowest BCUT2D eigenvalue weighted by molar-refractivity contribution is 0.0250. The topological polar surface area (TPSA) is 75.0 Å². The van der Waals surface area contributed by atoms with Gasteiger partial charge in [-0.3, -0.25) is 0 Å². The molecule has 7 heteroatoms. The molecular weight excluding hydrogens is 307 g/mol. The summed E-state index contributed by atoms with van der Waals surface area (Å²) in [5, 5.41) is 17.5. The Bertz CT molecular complexity index is 616. The van der Waals surface area contributed by atoms with E-state index >= 15 is 0 Å². The van der Waals surface area contributed by atoms with Crippen LogP contribution in [-0.2, 0) is 11.3 Å². The van der Waals surface area contributed by atoms with Gasteiger partial charge in [0.05, 0.1) is 18.9 Å². The van der Waals surface area contributed by atoms with E-state index in [4.69, 9.17) is 19.4 Å². The molecule has 24 heavy (non-hydrogen) atoms. The normalized spacial score (nSPS) is 15.3. The zero-order chi connectivity index (χ0) is 16.8. The smallest absolute Gasteiger partial charge is 0.511 e. The summed E-state index contributed by atoms with van der Waals surface area (Å²) in [5.41, 5.74) is 1.20. The van der Waals surface area contributed by atoms with Gasteiger partial charge < -0.3 is 24.3 Å². The average molecular weight is 328 g/mol. The number of piperidine rings is 1. The van der Waals surface area contributed by atoms with Gasteiger partial charge in [-0.15, -0.1) is 0 Å². The number of ether oxygens (including phenoxy) is 1. The molecule has 6 nitrogen and oxygen atoms in total. The van der Waals surface area contributed by atoms with Gasteiger partial charge in [-0.2, -0.15) is 0 Å². The summed E-state index contributed by atoms with van der Waals surface area (Å²) in [4.78, 5) is 6.51. The second-order valence-corrected chi connectivity index (χ2v) is 5.78. The predicted molar refractivity (Wildman–Crippen MR) is 91.5 cm³/mol. The van der Waals surface area contributed by atoms with Crippen LogP contribution < -0.4 is 9.55 Å². The van der Waals surface area contributed by atoms with Gasteiger partial charge in [0.1, 0.15) is 11.6 Å². The molecule has 0 spiro atoms. The number of benzene rings is 1. The van der Waals surface area contributed by atoms with Crippen LogP contribution in [-0.4, -0.2) is 41.5 Å². The van der Waals surface area contributed by atoms with Crippen LogP contribution >= 0.6 is 0 Å². The zero-order valence-corrected chi connectivity index (χ0v) is 13.4. The first-order valence-electron chi connectivity index (χ1n) is 8.10. The molecule has 0 atom stereocenters. The molecule has 0 bridgehead atoms. The van der Waals surface area contributed by atoms with Crippen LogP contribution in [0, 0.1) is 0 Å². The summed E-state index contributed by atoms with van der Waals surface area (Å²) in [5.74, 6) is 1.19. The van der Waals surface area contributed by atoms with Crippen LogP contribution in [0.15, 0.2) is 48.7 Å². The quantitative estimate of drug-likeness (QED) is 0.785. The van der Waals surface area contributed by atoms with Gasteiger partial charge in [-0.25, -0.2) is 4.98 Å². The van der Waals surface area contributed by atoms with Gasteiger partial charge in [0.25, 0.3) is 0 Å². The summed E-state index contributed by atoms with van der Waals surface area (Å²) >= 11 is 0. The molecule has 126 valence electrons. The molecule has 2 N–H and O–H groups in total. The first-order chi connectivity index (χ1) is 11.7. The minimum atomic E-state index is -1.82. The zero-order valence-electron chi connectivity index (χ0n) is 13.4. The number of aromatic nitrogens is 1. The fourth-order valence-electron chi connectivity index (χ4n) is 2.79. The number of anilines is 1. The second-order valence-electron chi connectivity index (χ2n) is 5.78. The molecular formula is C17H21BN2O4. The van der Waals surface area contributed by atoms with Crippen molar-refractivity contribution < 1.29 is 19.4 Å². The number of nitrogens with zero attached hydrogens (tertiary/aromatic N) is 2. The first-order valence-corrected chi connectivity index (χ1v) is 8.10. The highest BCUT2D eigenvalue weighted by Crippen LogP contribution is 2.22. The van der Waals surface area contributed by atoms with Crippen molar-refractivity contribution in [2.45, 2.75) is 25.6 Å². The van der Waals surface area contributed by atoms with E-state index in [0.717, 1.165) is 31.7 Å². The lowest BCUT2D eigenvalue weighted by Gasteiger charge is -2.32. The maximum Gasteiger partial charge on any atom is 0.707 e. The van der Waals surface area contributed by atoms with Crippen LogP contribution in [0.2, 0.25) is 0 Å². The van der Waals surface area contributed by atoms with Gasteiger partial charge in [0.2, 0.25) is 0 Å². The van der Waals surface area contributed by atoms with Crippen molar-refractivity contribution in [1.82, 2.24) is 4.98 Å². The lowest BCUT2D eigenvalue weighted by atomic mass is 10.1. The average Bonchev–Trinajstić information content (AvgIpc) is 2.62. The maximum atomic E-state index is 8.77. The molecule has 1 aromatic heterocycles. The van der Waals surface area contributed by atoms with Crippen molar-refractivity contribution >= 4 is 13.1 Å². The molecule has 1 aliphatic heterocycles. The number of pyridine rings is 1. The lowest BCUT2D eigenvalue weighted by Crippen LogP contribution is -2.37. The van der Waals surface area contributed by atoms with Gasteiger partial charge in [-0.1, -0.05) is 30.3 Å². The standard InChI is InChI=1S/C17H21BN2O4/c21-18(22)24-16-6-7-17(19-12-16)20-10-8-15(9-11-20)23-13-14-4-2-1-3-5-14/h1-7,12,15,21-22H,8-11,13H2. The Kier molecular flexibility index (Phi) is 5.69. The van der Waals surface area contributed by atoms with Crippen molar-refractivity contribution in [1.29, 1.82) is 0 Å². The minimum absolute atomic E-state index is 0.272. The largest absolute Gasteiger partial charge is 0.707 e. The predicted octanol–water partition coefficient (Wildman–Crippen LogP) is 1.62. The van der Waals surface area contributed by atoms with Crippen molar-refractivity contribution in [3.8, 4) is 5.75 Å². The van der Waals surface area contributed by atoms with Crippen LogP contribution in [0.5, 0.6) is 5.75 Å². The van der Waals surface area contributed by atoms with E-state index in [1.807, 2.05) is 24.3 Å². The Morgan fingerprint density at radius 1 is 1.08 bits per heavy atom. The van der Waals surface area contributed by atoms with E-state index in [1.54, 1.807) is 6.07 Å². The molecule has 2 heterocycles. The molecule has 0 aliphatic carbocycles. The monoisotopic (exact) mass is 328 g/mol. The third-order valence-electron chi connectivity index (χ3n) is 4.06. The van der Waals surface area contributed by atoms with Gasteiger partial charge in [0, 0.05) is 13.1 Å². The Balaban J connectivity index is 1.46. The summed E-state index contributed by atoms with van der Waals surface area (Å²) in [7, 11) is -1.82. The highest BCUT2D eigenvalue weighted by Gasteiger charge is 2.21. The number of hydrogen-bond acceptors (Lipinski definition) is 6.